The second kappa shape index (κ2) is 3.56. The van der Waals surface area contributed by atoms with Crippen LogP contribution in [0.1, 0.15) is 25.2 Å². The van der Waals surface area contributed by atoms with Gasteiger partial charge in [-0.3, -0.25) is 0 Å². The van der Waals surface area contributed by atoms with Crippen LogP contribution in [0.2, 0.25) is 0 Å². The van der Waals surface area contributed by atoms with Crippen LogP contribution in [-0.4, -0.2) is 5.16 Å². The molecule has 0 unspecified atom stereocenters. The molecule has 1 heterocycles. The van der Waals surface area contributed by atoms with Crippen LogP contribution >= 0.6 is 0 Å². The van der Waals surface area contributed by atoms with Crippen molar-refractivity contribution in [1.82, 2.24) is 5.16 Å². The molecule has 0 amide bonds. The molecule has 0 saturated heterocycles. The first-order valence-electron chi connectivity index (χ1n) is 4.02. The third kappa shape index (κ3) is 1.86. The Morgan fingerprint density at radius 3 is 2.62 bits per heavy atom. The highest BCUT2D eigenvalue weighted by molar-refractivity contribution is 5.72. The van der Waals surface area contributed by atoms with Gasteiger partial charge in [0.25, 0.3) is 0 Å². The van der Waals surface area contributed by atoms with Gasteiger partial charge in [-0.1, -0.05) is 32.2 Å². The molecule has 0 spiro atoms. The molecule has 0 radical (unpaired) electrons. The lowest BCUT2D eigenvalue weighted by Crippen LogP contribution is -1.92. The Morgan fingerprint density at radius 1 is 1.54 bits per heavy atom. The van der Waals surface area contributed by atoms with Crippen LogP contribution in [0.15, 0.2) is 23.9 Å². The van der Waals surface area contributed by atoms with Crippen molar-refractivity contribution in [3.05, 3.63) is 30.7 Å². The maximum Gasteiger partial charge on any atom is 0.172 e. The molecule has 0 aliphatic rings. The fraction of sp³-hybridized carbons (Fsp3) is 0.300. The summed E-state index contributed by atoms with van der Waals surface area (Å²) in [5.41, 5.74) is 1.02. The van der Waals surface area contributed by atoms with E-state index in [1.165, 1.54) is 6.20 Å². The maximum absolute atomic E-state index is 12.8. The van der Waals surface area contributed by atoms with Crippen LogP contribution in [0.25, 0.3) is 11.4 Å². The van der Waals surface area contributed by atoms with Gasteiger partial charge >= 0.3 is 0 Å². The number of rotatable bonds is 3. The van der Waals surface area contributed by atoms with Crippen molar-refractivity contribution in [3.8, 4) is 0 Å². The van der Waals surface area contributed by atoms with Crippen molar-refractivity contribution in [1.29, 1.82) is 0 Å². The quantitative estimate of drug-likeness (QED) is 0.715. The SMILES string of the molecule is C=C(F)c1cnoc1C(=C)C(C)C. The number of hydrogen-bond donors (Lipinski definition) is 0. The number of nitrogens with zero attached hydrogens (tertiary/aromatic N) is 1. The molecule has 1 aromatic heterocycles. The van der Waals surface area contributed by atoms with E-state index in [9.17, 15) is 4.39 Å². The van der Waals surface area contributed by atoms with Crippen LogP contribution in [-0.2, 0) is 0 Å². The number of hydrogen-bond acceptors (Lipinski definition) is 2. The van der Waals surface area contributed by atoms with Crippen molar-refractivity contribution in [2.24, 2.45) is 5.92 Å². The van der Waals surface area contributed by atoms with Gasteiger partial charge in [0, 0.05) is 0 Å². The molecule has 0 aromatic carbocycles. The molecule has 0 atom stereocenters. The molecule has 0 N–H and O–H groups in total. The smallest absolute Gasteiger partial charge is 0.172 e. The summed E-state index contributed by atoms with van der Waals surface area (Å²) < 4.78 is 17.7. The van der Waals surface area contributed by atoms with Crippen LogP contribution in [0.3, 0.4) is 0 Å². The lowest BCUT2D eigenvalue weighted by molar-refractivity contribution is 0.406. The van der Waals surface area contributed by atoms with Gasteiger partial charge in [-0.15, -0.1) is 0 Å². The Balaban J connectivity index is 3.08. The molecule has 1 aromatic rings. The molecule has 0 aliphatic carbocycles. The fourth-order valence-corrected chi connectivity index (χ4v) is 0.927. The predicted molar refractivity (Wildman–Crippen MR) is 50.5 cm³/mol. The molecular formula is C10H12FNO. The highest BCUT2D eigenvalue weighted by Crippen LogP contribution is 2.28. The lowest BCUT2D eigenvalue weighted by Gasteiger charge is -2.05. The minimum Gasteiger partial charge on any atom is -0.356 e. The van der Waals surface area contributed by atoms with Gasteiger partial charge in [0.15, 0.2) is 5.76 Å². The van der Waals surface area contributed by atoms with E-state index in [1.54, 1.807) is 0 Å². The monoisotopic (exact) mass is 181 g/mol. The van der Waals surface area contributed by atoms with Gasteiger partial charge in [-0.2, -0.15) is 0 Å². The second-order valence-corrected chi connectivity index (χ2v) is 3.15. The third-order valence-corrected chi connectivity index (χ3v) is 1.85. The number of aromatic nitrogens is 1. The topological polar surface area (TPSA) is 26.0 Å². The molecule has 13 heavy (non-hydrogen) atoms. The average Bonchev–Trinajstić information content (AvgIpc) is 2.50. The molecule has 0 bridgehead atoms. The molecule has 0 fully saturated rings. The normalized spacial score (nSPS) is 10.5. The fourth-order valence-electron chi connectivity index (χ4n) is 0.927. The molecule has 2 nitrogen and oxygen atoms in total. The van der Waals surface area contributed by atoms with Crippen molar-refractivity contribution in [2.75, 3.05) is 0 Å². The highest BCUT2D eigenvalue weighted by atomic mass is 19.1. The summed E-state index contributed by atoms with van der Waals surface area (Å²) >= 11 is 0. The van der Waals surface area contributed by atoms with Gasteiger partial charge < -0.3 is 4.52 Å². The molecule has 0 saturated carbocycles. The van der Waals surface area contributed by atoms with Crippen LogP contribution in [0.5, 0.6) is 0 Å². The Kier molecular flexibility index (Phi) is 2.66. The van der Waals surface area contributed by atoms with E-state index in [-0.39, 0.29) is 5.92 Å². The second-order valence-electron chi connectivity index (χ2n) is 3.15. The van der Waals surface area contributed by atoms with E-state index in [0.29, 0.717) is 11.3 Å². The van der Waals surface area contributed by atoms with E-state index in [1.807, 2.05) is 13.8 Å². The molecule has 1 rings (SSSR count). The average molecular weight is 181 g/mol. The Labute approximate surface area is 76.7 Å². The van der Waals surface area contributed by atoms with Gasteiger partial charge in [-0.25, -0.2) is 4.39 Å². The first-order valence-corrected chi connectivity index (χ1v) is 4.02. The summed E-state index contributed by atoms with van der Waals surface area (Å²) in [4.78, 5) is 0. The van der Waals surface area contributed by atoms with Gasteiger partial charge in [-0.05, 0) is 11.5 Å². The van der Waals surface area contributed by atoms with Crippen molar-refractivity contribution >= 4 is 11.4 Å². The zero-order valence-corrected chi connectivity index (χ0v) is 7.80. The summed E-state index contributed by atoms with van der Waals surface area (Å²) in [6.45, 7) is 10.9. The molecule has 0 aliphatic heterocycles. The third-order valence-electron chi connectivity index (χ3n) is 1.85. The molecule has 70 valence electrons. The first kappa shape index (κ1) is 9.71. The predicted octanol–water partition coefficient (Wildman–Crippen LogP) is 3.28. The zero-order chi connectivity index (χ0) is 10.0. The van der Waals surface area contributed by atoms with E-state index in [2.05, 4.69) is 18.3 Å². The number of allylic oxidation sites excluding steroid dienone is 1. The summed E-state index contributed by atoms with van der Waals surface area (Å²) in [5.74, 6) is 0.0478. The molecular weight excluding hydrogens is 169 g/mol. The van der Waals surface area contributed by atoms with Gasteiger partial charge in [0.2, 0.25) is 0 Å². The van der Waals surface area contributed by atoms with E-state index in [4.69, 9.17) is 4.52 Å². The van der Waals surface area contributed by atoms with Crippen molar-refractivity contribution in [2.45, 2.75) is 13.8 Å². The van der Waals surface area contributed by atoms with Crippen molar-refractivity contribution in [3.63, 3.8) is 0 Å². The van der Waals surface area contributed by atoms with Crippen LogP contribution in [0.4, 0.5) is 4.39 Å². The summed E-state index contributed by atoms with van der Waals surface area (Å²) in [6.07, 6.45) is 1.31. The van der Waals surface area contributed by atoms with Crippen molar-refractivity contribution < 1.29 is 8.91 Å². The van der Waals surface area contributed by atoms with E-state index < -0.39 is 5.83 Å². The van der Waals surface area contributed by atoms with Gasteiger partial charge in [0.05, 0.1) is 11.8 Å². The summed E-state index contributed by atoms with van der Waals surface area (Å²) in [6, 6.07) is 0. The van der Waals surface area contributed by atoms with Crippen LogP contribution in [0, 0.1) is 5.92 Å². The lowest BCUT2D eigenvalue weighted by atomic mass is 10.00. The van der Waals surface area contributed by atoms with Crippen LogP contribution < -0.4 is 0 Å². The largest absolute Gasteiger partial charge is 0.356 e. The summed E-state index contributed by atoms with van der Waals surface area (Å²) in [7, 11) is 0. The van der Waals surface area contributed by atoms with E-state index in [0.717, 1.165) is 5.57 Å². The minimum absolute atomic E-state index is 0.200. The Hall–Kier alpha value is -1.38. The standard InChI is InChI=1S/C10H12FNO/c1-6(2)7(3)10-9(8(4)11)5-12-13-10/h5-6H,3-4H2,1-2H3. The maximum atomic E-state index is 12.8. The zero-order valence-electron chi connectivity index (χ0n) is 7.80. The number of halogens is 1. The first-order chi connectivity index (χ1) is 6.04. The highest BCUT2D eigenvalue weighted by Gasteiger charge is 2.16. The Morgan fingerprint density at radius 2 is 2.15 bits per heavy atom. The van der Waals surface area contributed by atoms with E-state index >= 15 is 0 Å². The summed E-state index contributed by atoms with van der Waals surface area (Å²) in [5, 5.41) is 3.51. The Bertz CT molecular complexity index is 338. The minimum atomic E-state index is -0.543. The van der Waals surface area contributed by atoms with Gasteiger partial charge in [0.1, 0.15) is 5.83 Å². The molecule has 3 heteroatoms.